The Morgan fingerprint density at radius 1 is 1.12 bits per heavy atom. The molecule has 0 radical (unpaired) electrons. The van der Waals surface area contributed by atoms with E-state index in [1.54, 1.807) is 36.4 Å². The van der Waals surface area contributed by atoms with E-state index in [9.17, 15) is 16.8 Å². The first-order valence-electron chi connectivity index (χ1n) is 8.87. The monoisotopic (exact) mass is 412 g/mol. The summed E-state index contributed by atoms with van der Waals surface area (Å²) in [6.45, 7) is 9.68. The van der Waals surface area contributed by atoms with Gasteiger partial charge in [0.2, 0.25) is 0 Å². The van der Waals surface area contributed by atoms with Gasteiger partial charge in [0.05, 0.1) is 18.2 Å². The van der Waals surface area contributed by atoms with E-state index in [-0.39, 0.29) is 4.90 Å². The first-order valence-corrected chi connectivity index (χ1v) is 15.5. The molecular formula is C19H28O4S2Si. The summed E-state index contributed by atoms with van der Waals surface area (Å²) in [7, 11) is -9.47. The van der Waals surface area contributed by atoms with Gasteiger partial charge in [0.15, 0.2) is 19.7 Å². The van der Waals surface area contributed by atoms with Crippen molar-refractivity contribution >= 4 is 27.7 Å². The second-order valence-electron chi connectivity index (χ2n) is 7.80. The van der Waals surface area contributed by atoms with Crippen molar-refractivity contribution in [3.05, 3.63) is 53.6 Å². The molecule has 0 aliphatic carbocycles. The van der Waals surface area contributed by atoms with Gasteiger partial charge in [-0.2, -0.15) is 0 Å². The van der Waals surface area contributed by atoms with Crippen LogP contribution in [0.2, 0.25) is 19.6 Å². The summed E-state index contributed by atoms with van der Waals surface area (Å²) in [6.07, 6.45) is 4.45. The van der Waals surface area contributed by atoms with Gasteiger partial charge in [-0.05, 0) is 31.4 Å². The Balaban J connectivity index is 2.51. The lowest BCUT2D eigenvalue weighted by atomic mass is 10.1. The quantitative estimate of drug-likeness (QED) is 0.366. The highest BCUT2D eigenvalue weighted by Crippen LogP contribution is 2.40. The molecule has 0 fully saturated rings. The molecule has 26 heavy (non-hydrogen) atoms. The standard InChI is InChI=1S/C19H28O4S2Si/c1-5-6-7-11-14-17-19(18(26(2,3)4)15-24(17,20)21)25(22,23)16-12-9-8-10-13-16/h5,8-10,12-13,15,17,19H,1,6-7,11,14H2,2-4H3. The molecular weight excluding hydrogens is 384 g/mol. The molecule has 4 nitrogen and oxygen atoms in total. The van der Waals surface area contributed by atoms with E-state index in [0.29, 0.717) is 18.0 Å². The lowest BCUT2D eigenvalue weighted by molar-refractivity contribution is 0.555. The molecule has 0 amide bonds. The van der Waals surface area contributed by atoms with Crippen molar-refractivity contribution in [3.8, 4) is 0 Å². The van der Waals surface area contributed by atoms with Crippen LogP contribution >= 0.6 is 0 Å². The second-order valence-corrected chi connectivity index (χ2v) is 17.0. The summed E-state index contributed by atoms with van der Waals surface area (Å²) in [5.74, 6) is 0. The third-order valence-electron chi connectivity index (χ3n) is 4.78. The molecule has 0 bridgehead atoms. The minimum atomic E-state index is -3.77. The summed E-state index contributed by atoms with van der Waals surface area (Å²) >= 11 is 0. The Kier molecular flexibility index (Phi) is 6.35. The molecule has 1 aliphatic rings. The van der Waals surface area contributed by atoms with Crippen molar-refractivity contribution in [2.45, 2.75) is 60.7 Å². The lowest BCUT2D eigenvalue weighted by Gasteiger charge is -2.28. The number of benzene rings is 1. The van der Waals surface area contributed by atoms with E-state index >= 15 is 0 Å². The predicted octanol–water partition coefficient (Wildman–Crippen LogP) is 4.13. The minimum absolute atomic E-state index is 0.197. The molecule has 144 valence electrons. The fraction of sp³-hybridized carbons (Fsp3) is 0.474. The SMILES string of the molecule is C=CCCCCC1C(S(=O)(=O)c2ccccc2)C([Si](C)(C)C)=CS1(=O)=O. The van der Waals surface area contributed by atoms with Gasteiger partial charge in [-0.1, -0.05) is 55.5 Å². The van der Waals surface area contributed by atoms with Crippen LogP contribution in [0.4, 0.5) is 0 Å². The molecule has 1 aromatic carbocycles. The largest absolute Gasteiger partial charge is 0.224 e. The normalized spacial score (nSPS) is 22.8. The van der Waals surface area contributed by atoms with Gasteiger partial charge in [0.1, 0.15) is 5.25 Å². The highest BCUT2D eigenvalue weighted by Gasteiger charge is 2.51. The minimum Gasteiger partial charge on any atom is -0.224 e. The van der Waals surface area contributed by atoms with E-state index in [1.165, 1.54) is 5.41 Å². The van der Waals surface area contributed by atoms with Crippen molar-refractivity contribution in [2.75, 3.05) is 0 Å². The lowest BCUT2D eigenvalue weighted by Crippen LogP contribution is -2.41. The van der Waals surface area contributed by atoms with E-state index in [4.69, 9.17) is 0 Å². The van der Waals surface area contributed by atoms with Crippen molar-refractivity contribution in [2.24, 2.45) is 0 Å². The third kappa shape index (κ3) is 4.38. The van der Waals surface area contributed by atoms with Crippen LogP contribution in [0.1, 0.15) is 25.7 Å². The maximum atomic E-state index is 13.4. The fourth-order valence-corrected chi connectivity index (χ4v) is 12.4. The first kappa shape index (κ1) is 21.1. The molecule has 1 aliphatic heterocycles. The van der Waals surface area contributed by atoms with Crippen LogP contribution in [0.3, 0.4) is 0 Å². The van der Waals surface area contributed by atoms with Crippen LogP contribution in [0, 0.1) is 0 Å². The van der Waals surface area contributed by atoms with Crippen molar-refractivity contribution in [1.82, 2.24) is 0 Å². The molecule has 2 atom stereocenters. The Labute approximate surface area is 158 Å². The Morgan fingerprint density at radius 2 is 1.73 bits per heavy atom. The molecule has 2 unspecified atom stereocenters. The number of unbranched alkanes of at least 4 members (excludes halogenated alkanes) is 2. The van der Waals surface area contributed by atoms with Crippen LogP contribution in [-0.4, -0.2) is 35.4 Å². The summed E-state index contributed by atoms with van der Waals surface area (Å²) in [5, 5.41) is 0.0438. The van der Waals surface area contributed by atoms with E-state index in [1.807, 2.05) is 19.6 Å². The highest BCUT2D eigenvalue weighted by atomic mass is 32.2. The maximum Gasteiger partial charge on any atom is 0.186 e. The van der Waals surface area contributed by atoms with Gasteiger partial charge in [0, 0.05) is 5.41 Å². The van der Waals surface area contributed by atoms with Gasteiger partial charge in [-0.15, -0.1) is 6.58 Å². The number of allylic oxidation sites excluding steroid dienone is 1. The summed E-state index contributed by atoms with van der Waals surface area (Å²) < 4.78 is 52.4. The summed E-state index contributed by atoms with van der Waals surface area (Å²) in [5.41, 5.74) is 0. The second kappa shape index (κ2) is 7.82. The van der Waals surface area contributed by atoms with E-state index < -0.39 is 38.2 Å². The zero-order chi connectivity index (χ0) is 19.6. The number of hydrogen-bond acceptors (Lipinski definition) is 4. The van der Waals surface area contributed by atoms with Gasteiger partial charge < -0.3 is 0 Å². The van der Waals surface area contributed by atoms with Crippen molar-refractivity contribution < 1.29 is 16.8 Å². The average Bonchev–Trinajstić information content (AvgIpc) is 2.84. The molecule has 7 heteroatoms. The zero-order valence-electron chi connectivity index (χ0n) is 15.7. The van der Waals surface area contributed by atoms with E-state index in [0.717, 1.165) is 12.8 Å². The first-order chi connectivity index (χ1) is 12.0. The molecule has 1 heterocycles. The molecule has 0 saturated carbocycles. The number of hydrogen-bond donors (Lipinski definition) is 0. The average molecular weight is 413 g/mol. The molecule has 2 rings (SSSR count). The predicted molar refractivity (Wildman–Crippen MR) is 110 cm³/mol. The Bertz CT molecular complexity index is 879. The van der Waals surface area contributed by atoms with Crippen molar-refractivity contribution in [3.63, 3.8) is 0 Å². The van der Waals surface area contributed by atoms with Crippen LogP contribution < -0.4 is 0 Å². The van der Waals surface area contributed by atoms with Gasteiger partial charge in [0.25, 0.3) is 0 Å². The maximum absolute atomic E-state index is 13.4. The van der Waals surface area contributed by atoms with Crippen LogP contribution in [0.15, 0.2) is 58.5 Å². The van der Waals surface area contributed by atoms with Crippen LogP contribution in [0.25, 0.3) is 0 Å². The van der Waals surface area contributed by atoms with Crippen LogP contribution in [-0.2, 0) is 19.7 Å². The van der Waals surface area contributed by atoms with Gasteiger partial charge in [-0.25, -0.2) is 16.8 Å². The summed E-state index contributed by atoms with van der Waals surface area (Å²) in [6, 6.07) is 8.21. The van der Waals surface area contributed by atoms with Crippen LogP contribution in [0.5, 0.6) is 0 Å². The molecule has 0 N–H and O–H groups in total. The zero-order valence-corrected chi connectivity index (χ0v) is 18.3. The Hall–Kier alpha value is -1.18. The van der Waals surface area contributed by atoms with Gasteiger partial charge >= 0.3 is 0 Å². The molecule has 1 aromatic rings. The highest BCUT2D eigenvalue weighted by molar-refractivity contribution is 7.98. The van der Waals surface area contributed by atoms with Gasteiger partial charge in [-0.3, -0.25) is 0 Å². The smallest absolute Gasteiger partial charge is 0.186 e. The van der Waals surface area contributed by atoms with Crippen molar-refractivity contribution in [1.29, 1.82) is 0 Å². The molecule has 0 aromatic heterocycles. The Morgan fingerprint density at radius 3 is 2.27 bits per heavy atom. The third-order valence-corrected chi connectivity index (χ3v) is 11.7. The molecule has 0 spiro atoms. The number of rotatable bonds is 8. The fourth-order valence-electron chi connectivity index (χ4n) is 3.38. The topological polar surface area (TPSA) is 68.3 Å². The summed E-state index contributed by atoms with van der Waals surface area (Å²) in [4.78, 5) is 0.197. The van der Waals surface area contributed by atoms with E-state index in [2.05, 4.69) is 6.58 Å². The molecule has 0 saturated heterocycles. The number of sulfone groups is 2.